The first kappa shape index (κ1) is 26.6. The summed E-state index contributed by atoms with van der Waals surface area (Å²) in [5.74, 6) is -0.682. The fraction of sp³-hybridized carbons (Fsp3) is 0.870. The molecule has 0 aliphatic carbocycles. The normalized spacial score (nSPS) is 10.8. The Balaban J connectivity index is 3.11. The maximum absolute atomic E-state index is 11.4. The van der Waals surface area contributed by atoms with Gasteiger partial charge in [-0.25, -0.2) is 0 Å². The van der Waals surface area contributed by atoms with Gasteiger partial charge in [0, 0.05) is 12.8 Å². The van der Waals surface area contributed by atoms with Crippen molar-refractivity contribution in [3.05, 3.63) is 0 Å². The number of unbranched alkanes of at least 4 members (excludes halogenated alkanes) is 15. The molecule has 0 saturated carbocycles. The molecule has 0 aromatic rings. The molecule has 0 unspecified atom stereocenters. The van der Waals surface area contributed by atoms with Crippen LogP contribution in [0.2, 0.25) is 0 Å². The van der Waals surface area contributed by atoms with Crippen molar-refractivity contribution in [1.82, 2.24) is 5.32 Å². The lowest BCUT2D eigenvalue weighted by Gasteiger charge is -2.04. The van der Waals surface area contributed by atoms with Crippen LogP contribution in [0, 0.1) is 0 Å². The number of carbonyl (C=O) groups is 3. The van der Waals surface area contributed by atoms with Crippen molar-refractivity contribution < 1.29 is 19.5 Å². The third-order valence-electron chi connectivity index (χ3n) is 5.08. The molecule has 0 fully saturated rings. The lowest BCUT2D eigenvalue weighted by molar-refractivity contribution is -0.137. The van der Waals surface area contributed by atoms with E-state index in [0.29, 0.717) is 12.8 Å². The summed E-state index contributed by atoms with van der Waals surface area (Å²) in [6, 6.07) is 0. The molecule has 0 rings (SSSR count). The first-order chi connectivity index (χ1) is 13.5. The fourth-order valence-electron chi connectivity index (χ4n) is 3.35. The van der Waals surface area contributed by atoms with Gasteiger partial charge in [0.1, 0.15) is 5.78 Å². The average molecular weight is 398 g/mol. The standard InChI is InChI=1S/C23H43NO4/c1-21(25)20-24-22(26)18-16-14-12-10-8-6-4-2-3-5-7-9-11-13-15-17-19-23(27)28/h2-20H2,1H3,(H,24,26)(H,27,28). The Morgan fingerprint density at radius 3 is 1.21 bits per heavy atom. The van der Waals surface area contributed by atoms with Gasteiger partial charge in [0.2, 0.25) is 5.91 Å². The molecule has 28 heavy (non-hydrogen) atoms. The van der Waals surface area contributed by atoms with E-state index in [1.54, 1.807) is 0 Å². The van der Waals surface area contributed by atoms with E-state index in [-0.39, 0.29) is 18.2 Å². The summed E-state index contributed by atoms with van der Waals surface area (Å²) in [4.78, 5) is 32.6. The van der Waals surface area contributed by atoms with E-state index in [1.165, 1.54) is 84.0 Å². The first-order valence-electron chi connectivity index (χ1n) is 11.5. The Bertz CT molecular complexity index is 409. The number of rotatable bonds is 21. The van der Waals surface area contributed by atoms with E-state index in [1.807, 2.05) is 0 Å². The van der Waals surface area contributed by atoms with Crippen LogP contribution in [0.3, 0.4) is 0 Å². The van der Waals surface area contributed by atoms with E-state index < -0.39 is 5.97 Å². The smallest absolute Gasteiger partial charge is 0.303 e. The van der Waals surface area contributed by atoms with Crippen molar-refractivity contribution >= 4 is 17.7 Å². The number of Topliss-reactive ketones (excluding diaryl/α,β-unsaturated/α-hetero) is 1. The Kier molecular flexibility index (Phi) is 19.3. The van der Waals surface area contributed by atoms with Gasteiger partial charge in [-0.3, -0.25) is 14.4 Å². The maximum Gasteiger partial charge on any atom is 0.303 e. The zero-order chi connectivity index (χ0) is 20.9. The molecule has 0 aromatic heterocycles. The van der Waals surface area contributed by atoms with Crippen molar-refractivity contribution in [1.29, 1.82) is 0 Å². The number of aliphatic carboxylic acids is 1. The van der Waals surface area contributed by atoms with Crippen LogP contribution in [0.4, 0.5) is 0 Å². The van der Waals surface area contributed by atoms with E-state index in [2.05, 4.69) is 5.32 Å². The zero-order valence-electron chi connectivity index (χ0n) is 18.1. The quantitative estimate of drug-likeness (QED) is 0.240. The highest BCUT2D eigenvalue weighted by Gasteiger charge is 2.02. The summed E-state index contributed by atoms with van der Waals surface area (Å²) >= 11 is 0. The Hall–Kier alpha value is -1.39. The van der Waals surface area contributed by atoms with E-state index in [0.717, 1.165) is 25.7 Å². The molecule has 5 nitrogen and oxygen atoms in total. The summed E-state index contributed by atoms with van der Waals surface area (Å²) in [6.07, 6.45) is 20.2. The Labute approximate surface area is 172 Å². The van der Waals surface area contributed by atoms with Crippen molar-refractivity contribution in [3.63, 3.8) is 0 Å². The minimum absolute atomic E-state index is 0.00156. The highest BCUT2D eigenvalue weighted by molar-refractivity contribution is 5.84. The highest BCUT2D eigenvalue weighted by atomic mass is 16.4. The van der Waals surface area contributed by atoms with Crippen molar-refractivity contribution in [2.75, 3.05) is 6.54 Å². The molecular formula is C23H43NO4. The van der Waals surface area contributed by atoms with Crippen molar-refractivity contribution in [3.8, 4) is 0 Å². The number of carboxylic acids is 1. The van der Waals surface area contributed by atoms with Gasteiger partial charge in [0.25, 0.3) is 0 Å². The first-order valence-corrected chi connectivity index (χ1v) is 11.5. The van der Waals surface area contributed by atoms with E-state index in [4.69, 9.17) is 5.11 Å². The number of carboxylic acid groups (broad SMARTS) is 1. The van der Waals surface area contributed by atoms with E-state index >= 15 is 0 Å². The summed E-state index contributed by atoms with van der Waals surface area (Å²) in [7, 11) is 0. The lowest BCUT2D eigenvalue weighted by Crippen LogP contribution is -2.27. The van der Waals surface area contributed by atoms with Crippen LogP contribution in [-0.2, 0) is 14.4 Å². The molecule has 0 spiro atoms. The van der Waals surface area contributed by atoms with Gasteiger partial charge in [0.15, 0.2) is 0 Å². The highest BCUT2D eigenvalue weighted by Crippen LogP contribution is 2.14. The summed E-state index contributed by atoms with van der Waals surface area (Å²) in [5.41, 5.74) is 0. The van der Waals surface area contributed by atoms with Gasteiger partial charge in [-0.05, 0) is 19.8 Å². The van der Waals surface area contributed by atoms with Crippen LogP contribution in [0.15, 0.2) is 0 Å². The van der Waals surface area contributed by atoms with Crippen LogP contribution >= 0.6 is 0 Å². The second-order valence-corrected chi connectivity index (χ2v) is 8.03. The minimum atomic E-state index is -0.675. The van der Waals surface area contributed by atoms with Gasteiger partial charge < -0.3 is 10.4 Å². The molecule has 0 bridgehead atoms. The fourth-order valence-corrected chi connectivity index (χ4v) is 3.35. The lowest BCUT2D eigenvalue weighted by atomic mass is 10.0. The Morgan fingerprint density at radius 2 is 0.893 bits per heavy atom. The van der Waals surface area contributed by atoms with Crippen LogP contribution in [0.5, 0.6) is 0 Å². The predicted octanol–water partition coefficient (Wildman–Crippen LogP) is 5.80. The van der Waals surface area contributed by atoms with Crippen molar-refractivity contribution in [2.45, 2.75) is 122 Å². The number of hydrogen-bond acceptors (Lipinski definition) is 3. The van der Waals surface area contributed by atoms with Crippen LogP contribution in [0.25, 0.3) is 0 Å². The molecule has 5 heteroatoms. The van der Waals surface area contributed by atoms with Gasteiger partial charge in [-0.2, -0.15) is 0 Å². The molecule has 2 N–H and O–H groups in total. The topological polar surface area (TPSA) is 83.5 Å². The second kappa shape index (κ2) is 20.3. The number of ketones is 1. The number of hydrogen-bond donors (Lipinski definition) is 2. The zero-order valence-corrected chi connectivity index (χ0v) is 18.1. The number of amides is 1. The van der Waals surface area contributed by atoms with Gasteiger partial charge in [-0.15, -0.1) is 0 Å². The average Bonchev–Trinajstić information content (AvgIpc) is 2.65. The van der Waals surface area contributed by atoms with E-state index in [9.17, 15) is 14.4 Å². The Morgan fingerprint density at radius 1 is 0.571 bits per heavy atom. The second-order valence-electron chi connectivity index (χ2n) is 8.03. The SMILES string of the molecule is CC(=O)CNC(=O)CCCCCCCCCCCCCCCCCCC(=O)O. The van der Waals surface area contributed by atoms with Gasteiger partial charge in [0.05, 0.1) is 6.54 Å². The molecular weight excluding hydrogens is 354 g/mol. The molecule has 0 heterocycles. The number of nitrogens with one attached hydrogen (secondary N) is 1. The molecule has 0 saturated heterocycles. The molecule has 0 aliphatic rings. The third-order valence-corrected chi connectivity index (χ3v) is 5.08. The molecule has 0 atom stereocenters. The molecule has 1 amide bonds. The monoisotopic (exact) mass is 397 g/mol. The minimum Gasteiger partial charge on any atom is -0.481 e. The van der Waals surface area contributed by atoms with Crippen LogP contribution in [0.1, 0.15) is 122 Å². The van der Waals surface area contributed by atoms with Crippen LogP contribution < -0.4 is 5.32 Å². The molecule has 0 aliphatic heterocycles. The molecule has 0 aromatic carbocycles. The molecule has 0 radical (unpaired) electrons. The summed E-state index contributed by atoms with van der Waals surface area (Å²) in [6.45, 7) is 1.64. The van der Waals surface area contributed by atoms with Crippen LogP contribution in [-0.4, -0.2) is 29.3 Å². The summed E-state index contributed by atoms with van der Waals surface area (Å²) < 4.78 is 0. The third kappa shape index (κ3) is 22.7. The predicted molar refractivity (Wildman–Crippen MR) is 114 cm³/mol. The number of carbonyl (C=O) groups excluding carboxylic acids is 2. The van der Waals surface area contributed by atoms with Gasteiger partial charge >= 0.3 is 5.97 Å². The maximum atomic E-state index is 11.4. The van der Waals surface area contributed by atoms with Crippen molar-refractivity contribution in [2.24, 2.45) is 0 Å². The largest absolute Gasteiger partial charge is 0.481 e. The summed E-state index contributed by atoms with van der Waals surface area (Å²) in [5, 5.41) is 11.2. The van der Waals surface area contributed by atoms with Gasteiger partial charge in [-0.1, -0.05) is 89.9 Å². The molecule has 164 valence electrons.